The third kappa shape index (κ3) is 5.43. The van der Waals surface area contributed by atoms with E-state index in [1.165, 1.54) is 0 Å². The van der Waals surface area contributed by atoms with E-state index in [1.54, 1.807) is 20.8 Å². The quantitative estimate of drug-likeness (QED) is 0.182. The number of rotatable bonds is 6. The minimum absolute atomic E-state index is 0.0219. The van der Waals surface area contributed by atoms with Gasteiger partial charge in [0.1, 0.15) is 36.6 Å². The van der Waals surface area contributed by atoms with E-state index in [-0.39, 0.29) is 52.1 Å². The van der Waals surface area contributed by atoms with Crippen molar-refractivity contribution in [1.29, 1.82) is 0 Å². The van der Waals surface area contributed by atoms with Crippen LogP contribution in [0.15, 0.2) is 0 Å². The number of aliphatic hydroxyl groups is 8. The summed E-state index contributed by atoms with van der Waals surface area (Å²) in [6.45, 7) is 16.3. The van der Waals surface area contributed by atoms with Gasteiger partial charge in [0.25, 0.3) is 0 Å². The van der Waals surface area contributed by atoms with Crippen LogP contribution in [0.1, 0.15) is 113 Å². The molecule has 0 amide bonds. The van der Waals surface area contributed by atoms with E-state index in [9.17, 15) is 40.9 Å². The summed E-state index contributed by atoms with van der Waals surface area (Å²) in [5, 5.41) is 87.1. The summed E-state index contributed by atoms with van der Waals surface area (Å²) in [7, 11) is 0. The second-order valence-electron chi connectivity index (χ2n) is 21.0. The first-order chi connectivity index (χ1) is 25.0. The van der Waals surface area contributed by atoms with Gasteiger partial charge in [0.15, 0.2) is 12.6 Å². The minimum atomic E-state index is -1.47. The van der Waals surface area contributed by atoms with Gasteiger partial charge >= 0.3 is 0 Å². The highest BCUT2D eigenvalue weighted by Gasteiger charge is 2.85. The van der Waals surface area contributed by atoms with Crippen molar-refractivity contribution < 1.29 is 64.5 Å². The van der Waals surface area contributed by atoms with Crippen LogP contribution in [0.3, 0.4) is 0 Å². The first-order valence-electron chi connectivity index (χ1n) is 20.7. The molecule has 8 fully saturated rings. The number of aliphatic hydroxyl groups excluding tert-OH is 7. The van der Waals surface area contributed by atoms with Gasteiger partial charge in [0.05, 0.1) is 48.3 Å². The minimum Gasteiger partial charge on any atom is -0.393 e. The Kier molecular flexibility index (Phi) is 9.50. The molecule has 3 saturated heterocycles. The van der Waals surface area contributed by atoms with Crippen molar-refractivity contribution in [3.05, 3.63) is 0 Å². The lowest BCUT2D eigenvalue weighted by Gasteiger charge is -2.65. The van der Waals surface area contributed by atoms with Crippen molar-refractivity contribution in [2.24, 2.45) is 44.8 Å². The SMILES string of the molecule is C[C@@H]1O[C@@H](O[C@H]2C[C@@H]3[C@]4(CC[C@]5(C)[C@@H]([C@]6(C)CC[C@@H](C(C)(C)O)O6)[C@@H](O)C[C@@]35C)C[C@@]43CC[C@H](O[C@@H]4OC[C@@H](O)[C@H](O)[C@H]4O)C(C)(C)[C@H]23)[C@H](O)[C@H](O)[C@H]1O. The summed E-state index contributed by atoms with van der Waals surface area (Å²) in [6.07, 6.45) is -5.87. The van der Waals surface area contributed by atoms with Gasteiger partial charge in [-0.3, -0.25) is 0 Å². The van der Waals surface area contributed by atoms with Crippen LogP contribution in [-0.2, 0) is 23.7 Å². The standard InChI is InChI=1S/C41H68O13/c1-19-26(44)28(46)30(48)34(51-19)52-22-15-23-38(7)16-20(42)31(39(8)11-9-25(54-39)36(4,5)49)37(38,6)13-14-40(23)18-41(40)12-10-24(35(2,3)32(22)41)53-33-29(47)27(45)21(43)17-50-33/h19-34,42-49H,9-18H2,1-8H3/t19-,20-,21+,22-,23-,24-,25-,26-,27-,28+,29+,30+,31-,32-,33-,34-,37+,38-,39-,40-,41+/m0/s1. The first kappa shape index (κ1) is 40.3. The highest BCUT2D eigenvalue weighted by Crippen LogP contribution is 2.89. The Morgan fingerprint density at radius 1 is 0.685 bits per heavy atom. The zero-order valence-corrected chi connectivity index (χ0v) is 33.4. The predicted octanol–water partition coefficient (Wildman–Crippen LogP) is 1.75. The Morgan fingerprint density at radius 3 is 2.04 bits per heavy atom. The number of hydrogen-bond acceptors (Lipinski definition) is 13. The molecule has 5 aliphatic carbocycles. The fourth-order valence-corrected chi connectivity index (χ4v) is 14.8. The highest BCUT2D eigenvalue weighted by atomic mass is 16.7. The van der Waals surface area contributed by atoms with E-state index in [2.05, 4.69) is 34.6 Å². The van der Waals surface area contributed by atoms with Gasteiger partial charge in [-0.1, -0.05) is 27.7 Å². The topological polar surface area (TPSA) is 208 Å². The van der Waals surface area contributed by atoms with Gasteiger partial charge in [-0.05, 0) is 124 Å². The molecule has 0 aromatic rings. The summed E-state index contributed by atoms with van der Waals surface area (Å²) in [4.78, 5) is 0. The largest absolute Gasteiger partial charge is 0.393 e. The van der Waals surface area contributed by atoms with Crippen LogP contribution >= 0.6 is 0 Å². The predicted molar refractivity (Wildman–Crippen MR) is 192 cm³/mol. The fraction of sp³-hybridized carbons (Fsp3) is 1.00. The van der Waals surface area contributed by atoms with Crippen molar-refractivity contribution in [2.45, 2.75) is 204 Å². The van der Waals surface area contributed by atoms with Crippen LogP contribution in [0.25, 0.3) is 0 Å². The van der Waals surface area contributed by atoms with Crippen LogP contribution < -0.4 is 0 Å². The van der Waals surface area contributed by atoms with Crippen molar-refractivity contribution in [3.8, 4) is 0 Å². The van der Waals surface area contributed by atoms with Gasteiger partial charge < -0.3 is 64.5 Å². The van der Waals surface area contributed by atoms with Gasteiger partial charge in [0, 0.05) is 5.92 Å². The van der Waals surface area contributed by atoms with Crippen LogP contribution in [0, 0.1) is 44.8 Å². The smallest absolute Gasteiger partial charge is 0.186 e. The molecule has 8 aliphatic rings. The molecule has 8 N–H and O–H groups in total. The van der Waals surface area contributed by atoms with Gasteiger partial charge in [-0.15, -0.1) is 0 Å². The molecule has 5 saturated carbocycles. The lowest BCUT2D eigenvalue weighted by atomic mass is 9.41. The van der Waals surface area contributed by atoms with E-state index in [4.69, 9.17) is 23.7 Å². The molecule has 2 spiro atoms. The zero-order chi connectivity index (χ0) is 39.3. The highest BCUT2D eigenvalue weighted by molar-refractivity contribution is 5.33. The molecule has 0 unspecified atom stereocenters. The molecule has 0 aromatic carbocycles. The van der Waals surface area contributed by atoms with E-state index < -0.39 is 90.2 Å². The lowest BCUT2D eigenvalue weighted by molar-refractivity contribution is -0.335. The van der Waals surface area contributed by atoms with Crippen molar-refractivity contribution in [3.63, 3.8) is 0 Å². The molecule has 0 aromatic heterocycles. The normalized spacial score (nSPS) is 59.6. The molecule has 0 radical (unpaired) electrons. The maximum atomic E-state index is 12.2. The molecule has 13 heteroatoms. The van der Waals surface area contributed by atoms with Gasteiger partial charge in [-0.2, -0.15) is 0 Å². The summed E-state index contributed by atoms with van der Waals surface area (Å²) < 4.78 is 32.1. The summed E-state index contributed by atoms with van der Waals surface area (Å²) >= 11 is 0. The van der Waals surface area contributed by atoms with Crippen LogP contribution in [0.5, 0.6) is 0 Å². The number of fused-ring (bicyclic) bond motifs is 2. The Hall–Kier alpha value is -0.520. The van der Waals surface area contributed by atoms with E-state index in [0.29, 0.717) is 19.3 Å². The lowest BCUT2D eigenvalue weighted by Crippen LogP contribution is -2.65. The summed E-state index contributed by atoms with van der Waals surface area (Å²) in [5.41, 5.74) is -2.90. The molecule has 54 heavy (non-hydrogen) atoms. The second kappa shape index (κ2) is 12.7. The number of ether oxygens (including phenoxy) is 5. The molecule has 310 valence electrons. The Balaban J connectivity index is 1.15. The summed E-state index contributed by atoms with van der Waals surface area (Å²) in [6, 6.07) is 0. The van der Waals surface area contributed by atoms with Crippen LogP contribution in [-0.4, -0.2) is 138 Å². The third-order valence-electron chi connectivity index (χ3n) is 17.6. The van der Waals surface area contributed by atoms with E-state index in [1.807, 2.05) is 0 Å². The van der Waals surface area contributed by atoms with E-state index in [0.717, 1.165) is 38.5 Å². The monoisotopic (exact) mass is 768 g/mol. The molecular formula is C41H68O13. The maximum Gasteiger partial charge on any atom is 0.186 e. The van der Waals surface area contributed by atoms with Gasteiger partial charge in [0.2, 0.25) is 0 Å². The Labute approximate surface area is 319 Å². The van der Waals surface area contributed by atoms with Crippen molar-refractivity contribution in [1.82, 2.24) is 0 Å². The summed E-state index contributed by atoms with van der Waals surface area (Å²) in [5.74, 6) is -0.0738. The van der Waals surface area contributed by atoms with Crippen molar-refractivity contribution >= 4 is 0 Å². The average molecular weight is 769 g/mol. The van der Waals surface area contributed by atoms with Gasteiger partial charge in [-0.25, -0.2) is 0 Å². The molecular weight excluding hydrogens is 700 g/mol. The zero-order valence-electron chi connectivity index (χ0n) is 33.4. The number of hydrogen-bond donors (Lipinski definition) is 8. The average Bonchev–Trinajstić information content (AvgIpc) is 3.45. The second-order valence-corrected chi connectivity index (χ2v) is 21.0. The molecule has 8 rings (SSSR count). The Morgan fingerprint density at radius 2 is 1.37 bits per heavy atom. The van der Waals surface area contributed by atoms with Crippen LogP contribution in [0.2, 0.25) is 0 Å². The molecule has 13 nitrogen and oxygen atoms in total. The Bertz CT molecular complexity index is 1440. The van der Waals surface area contributed by atoms with Crippen molar-refractivity contribution in [2.75, 3.05) is 6.61 Å². The third-order valence-corrected chi connectivity index (χ3v) is 17.6. The van der Waals surface area contributed by atoms with Crippen LogP contribution in [0.4, 0.5) is 0 Å². The molecule has 0 bridgehead atoms. The first-order valence-corrected chi connectivity index (χ1v) is 20.7. The van der Waals surface area contributed by atoms with E-state index >= 15 is 0 Å². The molecule has 21 atom stereocenters. The fourth-order valence-electron chi connectivity index (χ4n) is 14.8. The molecule has 3 aliphatic heterocycles. The maximum absolute atomic E-state index is 12.2. The molecule has 3 heterocycles.